The first-order valence-electron chi connectivity index (χ1n) is 34.2. The van der Waals surface area contributed by atoms with Crippen molar-refractivity contribution < 1.29 is 80.2 Å². The van der Waals surface area contributed by atoms with Gasteiger partial charge in [0.1, 0.15) is 19.3 Å². The molecule has 0 aromatic carbocycles. The molecule has 0 aromatic heterocycles. The van der Waals surface area contributed by atoms with Crippen molar-refractivity contribution in [3.63, 3.8) is 0 Å². The predicted molar refractivity (Wildman–Crippen MR) is 340 cm³/mol. The van der Waals surface area contributed by atoms with E-state index in [0.717, 1.165) is 108 Å². The standard InChI is InChI=1S/C66H128O17P2/c1-9-59(8)45-37-29-20-15-17-23-32-40-48-65(70)82-61(52-76-63(68)46-38-30-21-13-11-10-12-18-26-34-42-56(2)3)54-80-84(72,73)78-50-60(67)51-79-85(74,75)81-55-62(83-66(71)49-41-33-25-24-28-36-44-58(6)7)53-77-64(69)47-39-31-22-16-14-19-27-35-43-57(4)5/h56-62,67H,9-55H2,1-8H3,(H,72,73)(H,74,75)/t59?,60?,61-,62-/m1/s1. The van der Waals surface area contributed by atoms with Gasteiger partial charge in [-0.05, 0) is 49.4 Å². The number of aliphatic hydroxyl groups excluding tert-OH is 1. The van der Waals surface area contributed by atoms with Crippen LogP contribution in [0.4, 0.5) is 0 Å². The van der Waals surface area contributed by atoms with Crippen molar-refractivity contribution >= 4 is 39.5 Å². The van der Waals surface area contributed by atoms with E-state index in [9.17, 15) is 43.2 Å². The fourth-order valence-corrected chi connectivity index (χ4v) is 11.3. The lowest BCUT2D eigenvalue weighted by Crippen LogP contribution is -2.30. The van der Waals surface area contributed by atoms with Gasteiger partial charge < -0.3 is 33.8 Å². The summed E-state index contributed by atoms with van der Waals surface area (Å²) in [7, 11) is -9.89. The van der Waals surface area contributed by atoms with Gasteiger partial charge >= 0.3 is 39.5 Å². The SMILES string of the molecule is CCC(C)CCCCCCCCCCC(=O)O[C@H](COC(=O)CCCCCCCCCCCCC(C)C)COP(=O)(O)OCC(O)COP(=O)(O)OC[C@@H](COC(=O)CCCCCCCCCCC(C)C)OC(=O)CCCCCCCCC(C)C. The predicted octanol–water partition coefficient (Wildman–Crippen LogP) is 18.1. The van der Waals surface area contributed by atoms with Crippen molar-refractivity contribution in [2.75, 3.05) is 39.6 Å². The van der Waals surface area contributed by atoms with Gasteiger partial charge in [-0.2, -0.15) is 0 Å². The van der Waals surface area contributed by atoms with Crippen LogP contribution in [0.1, 0.15) is 319 Å². The molecule has 3 N–H and O–H groups in total. The van der Waals surface area contributed by atoms with Crippen LogP contribution in [0.15, 0.2) is 0 Å². The molecule has 0 heterocycles. The third-order valence-electron chi connectivity index (χ3n) is 15.4. The maximum absolute atomic E-state index is 13.0. The molecule has 0 spiro atoms. The number of phosphoric ester groups is 2. The van der Waals surface area contributed by atoms with Gasteiger partial charge in [0.15, 0.2) is 12.2 Å². The van der Waals surface area contributed by atoms with E-state index in [1.165, 1.54) is 122 Å². The average molecular weight is 1260 g/mol. The van der Waals surface area contributed by atoms with Crippen LogP contribution in [0.3, 0.4) is 0 Å². The molecule has 0 saturated heterocycles. The molecule has 4 unspecified atom stereocenters. The Hall–Kier alpha value is -1.94. The number of carbonyl (C=O) groups is 4. The lowest BCUT2D eigenvalue weighted by Gasteiger charge is -2.21. The molecule has 0 aliphatic rings. The normalized spacial score (nSPS) is 14.7. The van der Waals surface area contributed by atoms with Gasteiger partial charge in [-0.25, -0.2) is 9.13 Å². The zero-order valence-corrected chi connectivity index (χ0v) is 57.0. The fourth-order valence-electron chi connectivity index (χ4n) is 9.75. The number of carbonyl (C=O) groups excluding carboxylic acids is 4. The Morgan fingerprint density at radius 1 is 0.329 bits per heavy atom. The molecule has 6 atom stereocenters. The van der Waals surface area contributed by atoms with Crippen LogP contribution >= 0.6 is 15.6 Å². The minimum Gasteiger partial charge on any atom is -0.462 e. The highest BCUT2D eigenvalue weighted by Crippen LogP contribution is 2.45. The summed E-state index contributed by atoms with van der Waals surface area (Å²) in [5, 5.41) is 10.5. The summed E-state index contributed by atoms with van der Waals surface area (Å²) in [4.78, 5) is 72.3. The zero-order valence-electron chi connectivity index (χ0n) is 55.2. The third kappa shape index (κ3) is 59.5. The number of aliphatic hydroxyl groups is 1. The molecular weight excluding hydrogens is 1130 g/mol. The Labute approximate surface area is 517 Å². The second-order valence-corrected chi connectivity index (χ2v) is 28.4. The van der Waals surface area contributed by atoms with Crippen molar-refractivity contribution in [3.05, 3.63) is 0 Å². The molecule has 0 bridgehead atoms. The van der Waals surface area contributed by atoms with E-state index in [1.54, 1.807) is 0 Å². The van der Waals surface area contributed by atoms with Crippen molar-refractivity contribution in [2.45, 2.75) is 337 Å². The van der Waals surface area contributed by atoms with Crippen molar-refractivity contribution in [1.29, 1.82) is 0 Å². The van der Waals surface area contributed by atoms with Crippen molar-refractivity contribution in [3.8, 4) is 0 Å². The Morgan fingerprint density at radius 2 is 0.565 bits per heavy atom. The number of ether oxygens (including phenoxy) is 4. The highest BCUT2D eigenvalue weighted by Gasteiger charge is 2.30. The average Bonchev–Trinajstić information content (AvgIpc) is 3.58. The molecule has 0 aliphatic carbocycles. The number of rotatable bonds is 63. The summed E-state index contributed by atoms with van der Waals surface area (Å²) in [6, 6.07) is 0. The summed E-state index contributed by atoms with van der Waals surface area (Å²) in [5.74, 6) is 0.783. The highest BCUT2D eigenvalue weighted by atomic mass is 31.2. The summed E-state index contributed by atoms with van der Waals surface area (Å²) < 4.78 is 68.1. The maximum Gasteiger partial charge on any atom is 0.472 e. The minimum absolute atomic E-state index is 0.101. The number of hydrogen-bond donors (Lipinski definition) is 3. The molecule has 0 fully saturated rings. The zero-order chi connectivity index (χ0) is 63.2. The molecule has 17 nitrogen and oxygen atoms in total. The van der Waals surface area contributed by atoms with Gasteiger partial charge in [-0.3, -0.25) is 37.3 Å². The summed E-state index contributed by atoms with van der Waals surface area (Å²) in [6.45, 7) is 14.0. The molecule has 0 rings (SSSR count). The van der Waals surface area contributed by atoms with Crippen LogP contribution < -0.4 is 0 Å². The molecule has 0 aliphatic heterocycles. The first-order chi connectivity index (χ1) is 40.6. The van der Waals surface area contributed by atoms with E-state index in [2.05, 4.69) is 55.4 Å². The minimum atomic E-state index is -4.95. The quantitative estimate of drug-likeness (QED) is 0.0222. The van der Waals surface area contributed by atoms with Gasteiger partial charge in [-0.15, -0.1) is 0 Å². The highest BCUT2D eigenvalue weighted by molar-refractivity contribution is 7.47. The van der Waals surface area contributed by atoms with Crippen molar-refractivity contribution in [2.24, 2.45) is 23.7 Å². The smallest absolute Gasteiger partial charge is 0.462 e. The molecule has 19 heteroatoms. The first kappa shape index (κ1) is 83.1. The Bertz CT molecular complexity index is 1700. The molecule has 504 valence electrons. The second kappa shape index (κ2) is 56.1. The molecule has 85 heavy (non-hydrogen) atoms. The van der Waals surface area contributed by atoms with E-state index in [1.807, 2.05) is 0 Å². The summed E-state index contributed by atoms with van der Waals surface area (Å²) >= 11 is 0. The van der Waals surface area contributed by atoms with Crippen LogP contribution in [-0.4, -0.2) is 96.7 Å². The summed E-state index contributed by atoms with van der Waals surface area (Å²) in [6.07, 6.45) is 36.3. The van der Waals surface area contributed by atoms with E-state index in [-0.39, 0.29) is 25.7 Å². The largest absolute Gasteiger partial charge is 0.472 e. The topological polar surface area (TPSA) is 237 Å². The molecule has 0 aromatic rings. The number of hydrogen-bond acceptors (Lipinski definition) is 15. The molecule has 0 radical (unpaired) electrons. The van der Waals surface area contributed by atoms with Crippen LogP contribution in [0.2, 0.25) is 0 Å². The van der Waals surface area contributed by atoms with Gasteiger partial charge in [0.25, 0.3) is 0 Å². The van der Waals surface area contributed by atoms with E-state index in [0.29, 0.717) is 31.6 Å². The molecular formula is C66H128O17P2. The first-order valence-corrected chi connectivity index (χ1v) is 37.2. The second-order valence-electron chi connectivity index (χ2n) is 25.5. The monoisotopic (exact) mass is 1250 g/mol. The van der Waals surface area contributed by atoms with Crippen LogP contribution in [0.25, 0.3) is 0 Å². The van der Waals surface area contributed by atoms with Gasteiger partial charge in [0.2, 0.25) is 0 Å². The van der Waals surface area contributed by atoms with E-state index < -0.39 is 97.5 Å². The van der Waals surface area contributed by atoms with Gasteiger partial charge in [-0.1, -0.05) is 267 Å². The number of phosphoric acid groups is 2. The Kier molecular flexibility index (Phi) is 54.8. The van der Waals surface area contributed by atoms with Crippen molar-refractivity contribution in [1.82, 2.24) is 0 Å². The molecule has 0 saturated carbocycles. The van der Waals surface area contributed by atoms with Gasteiger partial charge in [0, 0.05) is 25.7 Å². The van der Waals surface area contributed by atoms with Gasteiger partial charge in [0.05, 0.1) is 26.4 Å². The Morgan fingerprint density at radius 3 is 0.835 bits per heavy atom. The number of unbranched alkanes of at least 4 members (excludes halogenated alkanes) is 28. The summed E-state index contributed by atoms with van der Waals surface area (Å²) in [5.41, 5.74) is 0. The fraction of sp³-hybridized carbons (Fsp3) is 0.939. The molecule has 0 amide bonds. The lowest BCUT2D eigenvalue weighted by molar-refractivity contribution is -0.161. The third-order valence-corrected chi connectivity index (χ3v) is 17.3. The maximum atomic E-state index is 13.0. The Balaban J connectivity index is 5.25. The van der Waals surface area contributed by atoms with E-state index in [4.69, 9.17) is 37.0 Å². The van der Waals surface area contributed by atoms with Crippen LogP contribution in [0, 0.1) is 23.7 Å². The van der Waals surface area contributed by atoms with E-state index >= 15 is 0 Å². The van der Waals surface area contributed by atoms with Crippen LogP contribution in [0.5, 0.6) is 0 Å². The lowest BCUT2D eigenvalue weighted by atomic mass is 9.99. The number of esters is 4. The van der Waals surface area contributed by atoms with Crippen LogP contribution in [-0.2, 0) is 65.4 Å².